The van der Waals surface area contributed by atoms with E-state index in [1.54, 1.807) is 0 Å². The number of rotatable bonds is 7. The standard InChI is InChI=1S/C46H27N3O2.C28H17BrN2O.C18H11NO/c1-2-12-28(13-3-1)46-47-37(27-38(48-46)35-20-11-19-33-31-16-5-8-22-41(31)50-44(33)35)29-14-10-15-30(26-29)49-39-21-7-4-18-36(39)43-40(49)25-24-34-32-17-6-9-23-42(32)51-45(34)43;29-20-11-6-10-19(16-20)24-17-25(31-28(30-24)18-8-2-1-3-9-18)23-14-7-13-22-21-12-4-5-15-26(21)32-27(22)23;1-3-7-14-13(6-1)17-15(19-14)10-9-12-11-5-2-4-8-16(11)20-18(12)17/h1-27H;1-17H;1-10,19H. The summed E-state index contributed by atoms with van der Waals surface area (Å²) in [4.78, 5) is 23.6. The smallest absolute Gasteiger partial charge is 0.160 e. The second kappa shape index (κ2) is 24.5. The van der Waals surface area contributed by atoms with E-state index < -0.39 is 0 Å². The van der Waals surface area contributed by atoms with Crippen molar-refractivity contribution in [1.82, 2.24) is 29.5 Å². The van der Waals surface area contributed by atoms with Gasteiger partial charge < -0.3 is 27.2 Å². The van der Waals surface area contributed by atoms with E-state index in [-0.39, 0.29) is 0 Å². The lowest BCUT2D eigenvalue weighted by atomic mass is 10.0. The van der Waals surface area contributed by atoms with Crippen molar-refractivity contribution < 1.29 is 17.7 Å². The van der Waals surface area contributed by atoms with E-state index in [9.17, 15) is 0 Å². The molecular formula is C92H55BrN6O4. The maximum absolute atomic E-state index is 6.54. The topological polar surface area (TPSA) is 125 Å². The lowest BCUT2D eigenvalue weighted by Crippen LogP contribution is -1.98. The Kier molecular flexibility index (Phi) is 14.1. The first-order valence-corrected chi connectivity index (χ1v) is 35.0. The van der Waals surface area contributed by atoms with Crippen LogP contribution in [0.4, 0.5) is 0 Å². The molecule has 0 aliphatic rings. The third kappa shape index (κ3) is 10.2. The minimum absolute atomic E-state index is 0.658. The van der Waals surface area contributed by atoms with Crippen molar-refractivity contribution >= 4 is 147 Å². The molecule has 8 aromatic heterocycles. The molecule has 0 saturated carbocycles. The van der Waals surface area contributed by atoms with Crippen molar-refractivity contribution in [2.75, 3.05) is 0 Å². The van der Waals surface area contributed by atoms with Crippen LogP contribution in [-0.4, -0.2) is 29.5 Å². The number of hydrogen-bond donors (Lipinski definition) is 1. The lowest BCUT2D eigenvalue weighted by Gasteiger charge is -2.12. The highest BCUT2D eigenvalue weighted by molar-refractivity contribution is 9.10. The normalized spacial score (nSPS) is 11.7. The van der Waals surface area contributed by atoms with Crippen molar-refractivity contribution in [3.05, 3.63) is 332 Å². The Morgan fingerprint density at radius 1 is 0.262 bits per heavy atom. The lowest BCUT2D eigenvalue weighted by molar-refractivity contribution is 0.669. The van der Waals surface area contributed by atoms with Crippen LogP contribution in [0.2, 0.25) is 0 Å². The van der Waals surface area contributed by atoms with Crippen molar-refractivity contribution in [3.63, 3.8) is 0 Å². The minimum atomic E-state index is 0.658. The average Bonchev–Trinajstić information content (AvgIpc) is 1.57. The van der Waals surface area contributed by atoms with Crippen LogP contribution in [-0.2, 0) is 0 Å². The summed E-state index contributed by atoms with van der Waals surface area (Å²) in [5.41, 5.74) is 21.8. The predicted octanol–water partition coefficient (Wildman–Crippen LogP) is 25.7. The molecule has 22 aromatic rings. The zero-order chi connectivity index (χ0) is 68.1. The Labute approximate surface area is 596 Å². The number of hydrogen-bond acceptors (Lipinski definition) is 8. The van der Waals surface area contributed by atoms with Crippen molar-refractivity contribution in [2.24, 2.45) is 0 Å². The van der Waals surface area contributed by atoms with E-state index in [1.807, 2.05) is 133 Å². The Hall–Kier alpha value is -13.5. The minimum Gasteiger partial charge on any atom is -0.455 e. The molecule has 0 fully saturated rings. The molecule has 0 saturated heterocycles. The van der Waals surface area contributed by atoms with Crippen LogP contribution in [0, 0.1) is 0 Å². The first-order valence-electron chi connectivity index (χ1n) is 34.2. The number of halogens is 1. The number of nitrogens with one attached hydrogen (secondary N) is 1. The van der Waals surface area contributed by atoms with Gasteiger partial charge in [-0.3, -0.25) is 0 Å². The molecule has 10 nitrogen and oxygen atoms in total. The zero-order valence-electron chi connectivity index (χ0n) is 54.9. The quantitative estimate of drug-likeness (QED) is 0.167. The van der Waals surface area contributed by atoms with Crippen LogP contribution in [0.5, 0.6) is 0 Å². The summed E-state index contributed by atoms with van der Waals surface area (Å²) in [6.07, 6.45) is 0. The summed E-state index contributed by atoms with van der Waals surface area (Å²) in [5, 5.41) is 13.6. The molecule has 0 bridgehead atoms. The van der Waals surface area contributed by atoms with E-state index >= 15 is 0 Å². The molecule has 0 atom stereocenters. The molecule has 22 rings (SSSR count). The third-order valence-electron chi connectivity index (χ3n) is 19.6. The van der Waals surface area contributed by atoms with E-state index in [0.29, 0.717) is 11.6 Å². The Morgan fingerprint density at radius 2 is 0.670 bits per heavy atom. The third-order valence-corrected chi connectivity index (χ3v) is 20.1. The van der Waals surface area contributed by atoms with Gasteiger partial charge in [-0.25, -0.2) is 19.9 Å². The number of aromatic nitrogens is 6. The van der Waals surface area contributed by atoms with E-state index in [1.165, 1.54) is 21.5 Å². The van der Waals surface area contributed by atoms with Gasteiger partial charge >= 0.3 is 0 Å². The fourth-order valence-electron chi connectivity index (χ4n) is 14.9. The number of aromatic amines is 1. The summed E-state index contributed by atoms with van der Waals surface area (Å²) in [5.74, 6) is 1.34. The summed E-state index contributed by atoms with van der Waals surface area (Å²) in [7, 11) is 0. The maximum Gasteiger partial charge on any atom is 0.160 e. The fraction of sp³-hybridized carbons (Fsp3) is 0. The number of furan rings is 4. The summed E-state index contributed by atoms with van der Waals surface area (Å²) >= 11 is 3.58. The van der Waals surface area contributed by atoms with Gasteiger partial charge in [0.05, 0.1) is 50.1 Å². The van der Waals surface area contributed by atoms with Gasteiger partial charge in [0.2, 0.25) is 0 Å². The molecule has 0 aliphatic carbocycles. The molecule has 1 N–H and O–H groups in total. The van der Waals surface area contributed by atoms with Gasteiger partial charge in [0.15, 0.2) is 11.6 Å². The van der Waals surface area contributed by atoms with Gasteiger partial charge in [-0.05, 0) is 109 Å². The summed E-state index contributed by atoms with van der Waals surface area (Å²) in [6, 6.07) is 112. The van der Waals surface area contributed by atoms with Crippen LogP contribution < -0.4 is 0 Å². The SMILES string of the molecule is Brc1cccc(-c2cc(-c3cccc4c3oc3ccccc34)nc(-c3ccccc3)n2)c1.c1ccc(-c2nc(-c3cccc(-n4c5ccccc5c5c6oc7ccccc7c6ccc54)c3)cc(-c3cccc4c3oc3ccccc34)n2)cc1.c1ccc2c(c1)[nH]c1ccc3c4ccccc4oc3c12. The molecule has 0 aliphatic heterocycles. The number of benzene rings is 14. The number of para-hydroxylation sites is 8. The monoisotopic (exact) mass is 1390 g/mol. The average molecular weight is 1390 g/mol. The van der Waals surface area contributed by atoms with Crippen LogP contribution in [0.3, 0.4) is 0 Å². The Balaban J connectivity index is 0.000000115. The summed E-state index contributed by atoms with van der Waals surface area (Å²) < 4.78 is 28.7. The highest BCUT2D eigenvalue weighted by Gasteiger charge is 2.23. The maximum atomic E-state index is 6.54. The van der Waals surface area contributed by atoms with Gasteiger partial charge in [-0.15, -0.1) is 0 Å². The van der Waals surface area contributed by atoms with Gasteiger partial charge in [0.25, 0.3) is 0 Å². The molecule has 0 spiro atoms. The van der Waals surface area contributed by atoms with Gasteiger partial charge in [-0.2, -0.15) is 0 Å². The number of fused-ring (bicyclic) bond motifs is 20. The molecule has 484 valence electrons. The zero-order valence-corrected chi connectivity index (χ0v) is 56.5. The van der Waals surface area contributed by atoms with Crippen LogP contribution >= 0.6 is 15.9 Å². The van der Waals surface area contributed by atoms with Crippen molar-refractivity contribution in [1.29, 1.82) is 0 Å². The summed E-state index contributed by atoms with van der Waals surface area (Å²) in [6.45, 7) is 0. The van der Waals surface area contributed by atoms with Gasteiger partial charge in [0.1, 0.15) is 44.7 Å². The van der Waals surface area contributed by atoms with Crippen molar-refractivity contribution in [2.45, 2.75) is 0 Å². The van der Waals surface area contributed by atoms with E-state index in [2.05, 4.69) is 220 Å². The molecule has 0 unspecified atom stereocenters. The van der Waals surface area contributed by atoms with Crippen LogP contribution in [0.25, 0.3) is 205 Å². The Morgan fingerprint density at radius 3 is 1.22 bits per heavy atom. The largest absolute Gasteiger partial charge is 0.455 e. The van der Waals surface area contributed by atoms with E-state index in [0.717, 1.165) is 176 Å². The molecule has 14 aromatic carbocycles. The molecular weight excluding hydrogens is 1330 g/mol. The number of nitrogens with zero attached hydrogens (tertiary/aromatic N) is 5. The molecule has 103 heavy (non-hydrogen) atoms. The number of H-pyrrole nitrogens is 1. The first kappa shape index (κ1) is 59.6. The molecule has 0 amide bonds. The van der Waals surface area contributed by atoms with E-state index in [4.69, 9.17) is 37.6 Å². The van der Waals surface area contributed by atoms with Crippen LogP contribution in [0.1, 0.15) is 0 Å². The van der Waals surface area contributed by atoms with Crippen LogP contribution in [0.15, 0.2) is 350 Å². The fourth-order valence-corrected chi connectivity index (χ4v) is 15.3. The molecule has 8 heterocycles. The van der Waals surface area contributed by atoms with Gasteiger partial charge in [0, 0.05) is 103 Å². The Bertz CT molecular complexity index is 7100. The second-order valence-electron chi connectivity index (χ2n) is 25.7. The van der Waals surface area contributed by atoms with Gasteiger partial charge in [-0.1, -0.05) is 234 Å². The van der Waals surface area contributed by atoms with Crippen molar-refractivity contribution in [3.8, 4) is 73.5 Å². The molecule has 11 heteroatoms. The predicted molar refractivity (Wildman–Crippen MR) is 424 cm³/mol. The highest BCUT2D eigenvalue weighted by atomic mass is 79.9. The highest BCUT2D eigenvalue weighted by Crippen LogP contribution is 2.44. The molecule has 0 radical (unpaired) electrons. The first-order chi connectivity index (χ1) is 51.0. The second-order valence-corrected chi connectivity index (χ2v) is 26.6.